The van der Waals surface area contributed by atoms with Gasteiger partial charge in [0.15, 0.2) is 0 Å². The zero-order valence-electron chi connectivity index (χ0n) is 6.82. The molecule has 0 amide bonds. The van der Waals surface area contributed by atoms with Gasteiger partial charge in [-0.2, -0.15) is 0 Å². The summed E-state index contributed by atoms with van der Waals surface area (Å²) >= 11 is 1.85. The Hall–Kier alpha value is -0.250. The fourth-order valence-corrected chi connectivity index (χ4v) is 2.43. The summed E-state index contributed by atoms with van der Waals surface area (Å²) in [5, 5.41) is 5.02. The van der Waals surface area contributed by atoms with E-state index in [-0.39, 0.29) is 0 Å². The Morgan fingerprint density at radius 2 is 2.55 bits per heavy atom. The Morgan fingerprint density at radius 3 is 3.18 bits per heavy atom. The van der Waals surface area contributed by atoms with E-state index in [1.807, 2.05) is 11.8 Å². The molecule has 0 aliphatic carbocycles. The molecule has 1 aliphatic rings. The molecule has 0 bridgehead atoms. The van der Waals surface area contributed by atoms with Crippen LogP contribution in [0.15, 0.2) is 5.29 Å². The molecule has 0 N–H and O–H groups in total. The van der Waals surface area contributed by atoms with Crippen molar-refractivity contribution < 1.29 is 0 Å². The molecule has 64 valence electrons. The Labute approximate surface area is 71.5 Å². The van der Waals surface area contributed by atoms with Crippen molar-refractivity contribution in [3.63, 3.8) is 0 Å². The van der Waals surface area contributed by atoms with Gasteiger partial charge in [-0.1, -0.05) is 19.8 Å². The first-order chi connectivity index (χ1) is 5.38. The Kier molecular flexibility index (Phi) is 3.69. The molecule has 11 heavy (non-hydrogen) atoms. The van der Waals surface area contributed by atoms with Gasteiger partial charge in [0.2, 0.25) is 0 Å². The van der Waals surface area contributed by atoms with Crippen LogP contribution in [-0.2, 0) is 0 Å². The quantitative estimate of drug-likeness (QED) is 0.613. The molecular formula is C7H14N2OS. The van der Waals surface area contributed by atoms with E-state index in [0.717, 1.165) is 18.7 Å². The molecule has 0 spiro atoms. The molecule has 0 aromatic carbocycles. The highest BCUT2D eigenvalue weighted by molar-refractivity contribution is 8.00. The second-order valence-corrected chi connectivity index (χ2v) is 4.00. The number of rotatable bonds is 4. The summed E-state index contributed by atoms with van der Waals surface area (Å²) in [5.41, 5.74) is 0. The SMILES string of the molecule is CCCCC1SCCN1N=O. The van der Waals surface area contributed by atoms with E-state index in [9.17, 15) is 4.91 Å². The third-order valence-corrected chi connectivity index (χ3v) is 3.15. The molecule has 3 nitrogen and oxygen atoms in total. The lowest BCUT2D eigenvalue weighted by atomic mass is 10.2. The number of unbranched alkanes of at least 4 members (excludes halogenated alkanes) is 1. The predicted octanol–water partition coefficient (Wildman–Crippen LogP) is 2.23. The van der Waals surface area contributed by atoms with Crippen molar-refractivity contribution in [3.8, 4) is 0 Å². The van der Waals surface area contributed by atoms with Crippen molar-refractivity contribution >= 4 is 11.8 Å². The minimum Gasteiger partial charge on any atom is -0.247 e. The normalized spacial score (nSPS) is 24.1. The third kappa shape index (κ3) is 2.36. The first-order valence-electron chi connectivity index (χ1n) is 4.10. The first kappa shape index (κ1) is 8.84. The highest BCUT2D eigenvalue weighted by Gasteiger charge is 2.23. The largest absolute Gasteiger partial charge is 0.247 e. The molecule has 1 fully saturated rings. The van der Waals surface area contributed by atoms with Gasteiger partial charge in [-0.15, -0.1) is 16.7 Å². The molecule has 0 aromatic rings. The van der Waals surface area contributed by atoms with E-state index >= 15 is 0 Å². The summed E-state index contributed by atoms with van der Waals surface area (Å²) in [6.07, 6.45) is 3.50. The zero-order chi connectivity index (χ0) is 8.10. The van der Waals surface area contributed by atoms with Crippen LogP contribution in [0.2, 0.25) is 0 Å². The lowest BCUT2D eigenvalue weighted by molar-refractivity contribution is 0.285. The van der Waals surface area contributed by atoms with E-state index < -0.39 is 0 Å². The average Bonchev–Trinajstić information content (AvgIpc) is 2.47. The first-order valence-corrected chi connectivity index (χ1v) is 5.15. The van der Waals surface area contributed by atoms with Crippen LogP contribution < -0.4 is 0 Å². The smallest absolute Gasteiger partial charge is 0.0955 e. The maximum Gasteiger partial charge on any atom is 0.0955 e. The van der Waals surface area contributed by atoms with Gasteiger partial charge in [0, 0.05) is 12.3 Å². The molecule has 1 saturated heterocycles. The molecule has 0 saturated carbocycles. The highest BCUT2D eigenvalue weighted by Crippen LogP contribution is 2.27. The highest BCUT2D eigenvalue weighted by atomic mass is 32.2. The van der Waals surface area contributed by atoms with E-state index in [0.29, 0.717) is 5.37 Å². The van der Waals surface area contributed by atoms with Gasteiger partial charge in [-0.05, 0) is 6.42 Å². The van der Waals surface area contributed by atoms with Crippen LogP contribution in [0.1, 0.15) is 26.2 Å². The van der Waals surface area contributed by atoms with Gasteiger partial charge in [-0.3, -0.25) is 0 Å². The van der Waals surface area contributed by atoms with E-state index in [1.54, 1.807) is 5.01 Å². The molecule has 1 rings (SSSR count). The maximum absolute atomic E-state index is 10.2. The van der Waals surface area contributed by atoms with Gasteiger partial charge in [0.1, 0.15) is 0 Å². The monoisotopic (exact) mass is 174 g/mol. The van der Waals surface area contributed by atoms with Crippen molar-refractivity contribution in [2.45, 2.75) is 31.6 Å². The topological polar surface area (TPSA) is 32.7 Å². The molecule has 1 unspecified atom stereocenters. The Morgan fingerprint density at radius 1 is 1.73 bits per heavy atom. The van der Waals surface area contributed by atoms with Gasteiger partial charge in [-0.25, -0.2) is 5.01 Å². The van der Waals surface area contributed by atoms with Crippen molar-refractivity contribution in [2.24, 2.45) is 5.29 Å². The summed E-state index contributed by atoms with van der Waals surface area (Å²) in [6, 6.07) is 0. The summed E-state index contributed by atoms with van der Waals surface area (Å²) in [4.78, 5) is 10.2. The predicted molar refractivity (Wildman–Crippen MR) is 48.3 cm³/mol. The van der Waals surface area contributed by atoms with E-state index in [2.05, 4.69) is 12.2 Å². The van der Waals surface area contributed by atoms with Gasteiger partial charge < -0.3 is 0 Å². The summed E-state index contributed by atoms with van der Waals surface area (Å²) in [7, 11) is 0. The van der Waals surface area contributed by atoms with Crippen LogP contribution in [0.3, 0.4) is 0 Å². The lowest BCUT2D eigenvalue weighted by Crippen LogP contribution is -2.21. The number of nitroso groups, excluding NO2 is 1. The fourth-order valence-electron chi connectivity index (χ4n) is 1.22. The van der Waals surface area contributed by atoms with Crippen LogP contribution in [0.5, 0.6) is 0 Å². The molecule has 1 heterocycles. The minimum absolute atomic E-state index is 0.368. The molecular weight excluding hydrogens is 160 g/mol. The number of nitrogens with zero attached hydrogens (tertiary/aromatic N) is 2. The molecule has 4 heteroatoms. The lowest BCUT2D eigenvalue weighted by Gasteiger charge is -2.15. The average molecular weight is 174 g/mol. The number of hydrogen-bond acceptors (Lipinski definition) is 3. The van der Waals surface area contributed by atoms with Crippen LogP contribution >= 0.6 is 11.8 Å². The minimum atomic E-state index is 0.368. The fraction of sp³-hybridized carbons (Fsp3) is 1.00. The summed E-state index contributed by atoms with van der Waals surface area (Å²) < 4.78 is 0. The molecule has 1 aliphatic heterocycles. The third-order valence-electron chi connectivity index (χ3n) is 1.87. The van der Waals surface area contributed by atoms with Crippen LogP contribution in [-0.4, -0.2) is 22.7 Å². The van der Waals surface area contributed by atoms with Gasteiger partial charge in [0.05, 0.1) is 10.7 Å². The molecule has 0 radical (unpaired) electrons. The van der Waals surface area contributed by atoms with Gasteiger partial charge in [0.25, 0.3) is 0 Å². The standard InChI is InChI=1S/C7H14N2OS/c1-2-3-4-7-9(8-10)5-6-11-7/h7H,2-6H2,1H3. The molecule has 0 aromatic heterocycles. The number of hydrogen-bond donors (Lipinski definition) is 0. The second kappa shape index (κ2) is 4.59. The van der Waals surface area contributed by atoms with Crippen molar-refractivity contribution in [1.29, 1.82) is 0 Å². The second-order valence-electron chi connectivity index (χ2n) is 2.71. The maximum atomic E-state index is 10.2. The van der Waals surface area contributed by atoms with Crippen LogP contribution in [0, 0.1) is 4.91 Å². The summed E-state index contributed by atoms with van der Waals surface area (Å²) in [5.74, 6) is 1.06. The van der Waals surface area contributed by atoms with Crippen LogP contribution in [0.25, 0.3) is 0 Å². The van der Waals surface area contributed by atoms with E-state index in [1.165, 1.54) is 12.8 Å². The van der Waals surface area contributed by atoms with E-state index in [4.69, 9.17) is 0 Å². The Balaban J connectivity index is 2.25. The van der Waals surface area contributed by atoms with Crippen molar-refractivity contribution in [1.82, 2.24) is 5.01 Å². The summed E-state index contributed by atoms with van der Waals surface area (Å²) in [6.45, 7) is 3.00. The van der Waals surface area contributed by atoms with Crippen LogP contribution in [0.4, 0.5) is 0 Å². The van der Waals surface area contributed by atoms with Crippen molar-refractivity contribution in [2.75, 3.05) is 12.3 Å². The molecule has 1 atom stereocenters. The van der Waals surface area contributed by atoms with Gasteiger partial charge >= 0.3 is 0 Å². The Bertz CT molecular complexity index is 132. The zero-order valence-corrected chi connectivity index (χ0v) is 7.64. The van der Waals surface area contributed by atoms with Crippen molar-refractivity contribution in [3.05, 3.63) is 4.91 Å². The number of thioether (sulfide) groups is 1.